The van der Waals surface area contributed by atoms with Gasteiger partial charge in [-0.15, -0.1) is 5.10 Å². The molecule has 0 aliphatic carbocycles. The normalized spacial score (nSPS) is 10.7. The predicted molar refractivity (Wildman–Crippen MR) is 73.8 cm³/mol. The minimum Gasteiger partial charge on any atom is -0.430 e. The van der Waals surface area contributed by atoms with Crippen molar-refractivity contribution in [1.82, 2.24) is 20.3 Å². The van der Waals surface area contributed by atoms with Gasteiger partial charge in [0.1, 0.15) is 10.8 Å². The van der Waals surface area contributed by atoms with Gasteiger partial charge < -0.3 is 9.26 Å². The number of rotatable bonds is 4. The Bertz CT molecular complexity index is 705. The van der Waals surface area contributed by atoms with E-state index in [0.717, 1.165) is 17.0 Å². The first-order chi connectivity index (χ1) is 9.74. The van der Waals surface area contributed by atoms with Gasteiger partial charge in [0, 0.05) is 12.0 Å². The second kappa shape index (κ2) is 5.38. The van der Waals surface area contributed by atoms with Crippen LogP contribution >= 0.6 is 11.3 Å². The van der Waals surface area contributed by atoms with Gasteiger partial charge in [-0.3, -0.25) is 0 Å². The van der Waals surface area contributed by atoms with E-state index < -0.39 is 0 Å². The second-order valence-electron chi connectivity index (χ2n) is 4.08. The predicted octanol–water partition coefficient (Wildman–Crippen LogP) is 3.25. The van der Waals surface area contributed by atoms with Crippen LogP contribution in [0.5, 0.6) is 10.9 Å². The van der Waals surface area contributed by atoms with E-state index >= 15 is 0 Å². The minimum atomic E-state index is 0.531. The Labute approximate surface area is 119 Å². The Balaban J connectivity index is 1.77. The molecule has 0 amide bonds. The van der Waals surface area contributed by atoms with Crippen LogP contribution < -0.4 is 4.74 Å². The maximum Gasteiger partial charge on any atom is 0.299 e. The van der Waals surface area contributed by atoms with E-state index in [4.69, 9.17) is 9.26 Å². The van der Waals surface area contributed by atoms with Crippen LogP contribution in [0.3, 0.4) is 0 Å². The fourth-order valence-electron chi connectivity index (χ4n) is 1.61. The SMILES string of the molecule is CCc1nc(-c2ccc(Oc3nnc(C)s3)cc2)no1. The topological polar surface area (TPSA) is 73.9 Å². The molecule has 0 aliphatic rings. The van der Waals surface area contributed by atoms with Crippen molar-refractivity contribution in [2.24, 2.45) is 0 Å². The van der Waals surface area contributed by atoms with Gasteiger partial charge in [-0.2, -0.15) is 4.98 Å². The third-order valence-corrected chi connectivity index (χ3v) is 3.31. The lowest BCUT2D eigenvalue weighted by atomic mass is 10.2. The summed E-state index contributed by atoms with van der Waals surface area (Å²) in [4.78, 5) is 4.28. The van der Waals surface area contributed by atoms with Crippen LogP contribution in [0.4, 0.5) is 0 Å². The molecule has 0 unspecified atom stereocenters. The Kier molecular flexibility index (Phi) is 3.42. The highest BCUT2D eigenvalue weighted by atomic mass is 32.1. The van der Waals surface area contributed by atoms with Crippen LogP contribution in [0.2, 0.25) is 0 Å². The van der Waals surface area contributed by atoms with Gasteiger partial charge in [-0.25, -0.2) is 0 Å². The lowest BCUT2D eigenvalue weighted by molar-refractivity contribution is 0.383. The van der Waals surface area contributed by atoms with Crippen molar-refractivity contribution in [1.29, 1.82) is 0 Å². The fourth-order valence-corrected chi connectivity index (χ4v) is 2.16. The highest BCUT2D eigenvalue weighted by Gasteiger charge is 2.08. The van der Waals surface area contributed by atoms with Gasteiger partial charge in [0.15, 0.2) is 0 Å². The van der Waals surface area contributed by atoms with Gasteiger partial charge in [0.05, 0.1) is 0 Å². The monoisotopic (exact) mass is 288 g/mol. The first-order valence-corrected chi connectivity index (χ1v) is 6.97. The zero-order valence-corrected chi connectivity index (χ0v) is 11.8. The first kappa shape index (κ1) is 12.7. The zero-order chi connectivity index (χ0) is 13.9. The molecule has 2 heterocycles. The van der Waals surface area contributed by atoms with Gasteiger partial charge in [-0.05, 0) is 31.2 Å². The third kappa shape index (κ3) is 2.67. The van der Waals surface area contributed by atoms with Crippen LogP contribution in [0.1, 0.15) is 17.8 Å². The Morgan fingerprint density at radius 2 is 2.00 bits per heavy atom. The molecule has 7 heteroatoms. The standard InChI is InChI=1S/C13H12N4O2S/c1-3-11-14-12(17-19-11)9-4-6-10(7-5-9)18-13-16-15-8(2)20-13/h4-7H,3H2,1-2H3. The van der Waals surface area contributed by atoms with E-state index in [2.05, 4.69) is 20.3 Å². The van der Waals surface area contributed by atoms with E-state index in [-0.39, 0.29) is 0 Å². The van der Waals surface area contributed by atoms with Crippen molar-refractivity contribution >= 4 is 11.3 Å². The van der Waals surface area contributed by atoms with Crippen molar-refractivity contribution in [2.75, 3.05) is 0 Å². The summed E-state index contributed by atoms with van der Waals surface area (Å²) in [6, 6.07) is 7.45. The van der Waals surface area contributed by atoms with Crippen LogP contribution in [-0.4, -0.2) is 20.3 Å². The summed E-state index contributed by atoms with van der Waals surface area (Å²) in [7, 11) is 0. The molecular weight excluding hydrogens is 276 g/mol. The molecule has 6 nitrogen and oxygen atoms in total. The molecule has 0 N–H and O–H groups in total. The summed E-state index contributed by atoms with van der Waals surface area (Å²) in [5.41, 5.74) is 0.884. The van der Waals surface area contributed by atoms with E-state index in [1.807, 2.05) is 38.1 Å². The van der Waals surface area contributed by atoms with Gasteiger partial charge in [0.25, 0.3) is 5.19 Å². The third-order valence-electron chi connectivity index (χ3n) is 2.60. The number of benzene rings is 1. The lowest BCUT2D eigenvalue weighted by Gasteiger charge is -2.01. The van der Waals surface area contributed by atoms with E-state index in [9.17, 15) is 0 Å². The lowest BCUT2D eigenvalue weighted by Crippen LogP contribution is -1.85. The molecule has 20 heavy (non-hydrogen) atoms. The smallest absolute Gasteiger partial charge is 0.299 e. The maximum atomic E-state index is 5.60. The second-order valence-corrected chi connectivity index (χ2v) is 5.22. The molecule has 0 bridgehead atoms. The van der Waals surface area contributed by atoms with Crippen LogP contribution in [-0.2, 0) is 6.42 Å². The van der Waals surface area contributed by atoms with Crippen molar-refractivity contribution < 1.29 is 9.26 Å². The molecule has 0 atom stereocenters. The number of hydrogen-bond acceptors (Lipinski definition) is 7. The molecule has 0 saturated carbocycles. The summed E-state index contributed by atoms with van der Waals surface area (Å²) in [5.74, 6) is 1.91. The highest BCUT2D eigenvalue weighted by Crippen LogP contribution is 2.26. The van der Waals surface area contributed by atoms with Crippen molar-refractivity contribution in [3.05, 3.63) is 35.2 Å². The molecule has 102 valence electrons. The average molecular weight is 288 g/mol. The minimum absolute atomic E-state index is 0.531. The molecule has 2 aromatic heterocycles. The van der Waals surface area contributed by atoms with E-state index in [1.165, 1.54) is 11.3 Å². The molecule has 3 rings (SSSR count). The summed E-state index contributed by atoms with van der Waals surface area (Å²) in [6.07, 6.45) is 0.727. The maximum absolute atomic E-state index is 5.60. The van der Waals surface area contributed by atoms with Gasteiger partial charge >= 0.3 is 0 Å². The first-order valence-electron chi connectivity index (χ1n) is 6.15. The molecule has 0 spiro atoms. The van der Waals surface area contributed by atoms with Gasteiger partial charge in [-0.1, -0.05) is 28.5 Å². The van der Waals surface area contributed by atoms with Crippen LogP contribution in [0.25, 0.3) is 11.4 Å². The van der Waals surface area contributed by atoms with Crippen LogP contribution in [0.15, 0.2) is 28.8 Å². The highest BCUT2D eigenvalue weighted by molar-refractivity contribution is 7.13. The van der Waals surface area contributed by atoms with Crippen molar-refractivity contribution in [3.8, 4) is 22.3 Å². The zero-order valence-electron chi connectivity index (χ0n) is 11.0. The number of hydrogen-bond donors (Lipinski definition) is 0. The number of nitrogens with zero attached hydrogens (tertiary/aromatic N) is 4. The molecule has 1 aromatic carbocycles. The van der Waals surface area contributed by atoms with Crippen LogP contribution in [0, 0.1) is 6.92 Å². The van der Waals surface area contributed by atoms with E-state index in [1.54, 1.807) is 0 Å². The number of aryl methyl sites for hydroxylation is 2. The quantitative estimate of drug-likeness (QED) is 0.733. The molecular formula is C13H12N4O2S. The van der Waals surface area contributed by atoms with E-state index in [0.29, 0.717) is 22.7 Å². The van der Waals surface area contributed by atoms with Gasteiger partial charge in [0.2, 0.25) is 11.7 Å². The Morgan fingerprint density at radius 3 is 2.60 bits per heavy atom. The largest absolute Gasteiger partial charge is 0.430 e. The summed E-state index contributed by atoms with van der Waals surface area (Å²) in [6.45, 7) is 3.85. The Hall–Kier alpha value is -2.28. The number of ether oxygens (including phenoxy) is 1. The molecule has 0 saturated heterocycles. The fraction of sp³-hybridized carbons (Fsp3) is 0.231. The number of aromatic nitrogens is 4. The van der Waals surface area contributed by atoms with Crippen molar-refractivity contribution in [3.63, 3.8) is 0 Å². The average Bonchev–Trinajstić information content (AvgIpc) is 3.09. The molecule has 0 fully saturated rings. The molecule has 0 aliphatic heterocycles. The Morgan fingerprint density at radius 1 is 1.20 bits per heavy atom. The van der Waals surface area contributed by atoms with Crippen molar-refractivity contribution in [2.45, 2.75) is 20.3 Å². The molecule has 3 aromatic rings. The summed E-state index contributed by atoms with van der Waals surface area (Å²) in [5, 5.41) is 13.1. The summed E-state index contributed by atoms with van der Waals surface area (Å²) >= 11 is 1.41. The summed E-state index contributed by atoms with van der Waals surface area (Å²) < 4.78 is 10.7. The molecule has 0 radical (unpaired) electrons.